The summed E-state index contributed by atoms with van der Waals surface area (Å²) in [6, 6.07) is 11.0. The lowest BCUT2D eigenvalue weighted by Gasteiger charge is -2.18. The average Bonchev–Trinajstić information content (AvgIpc) is 3.25. The molecule has 0 spiro atoms. The molecule has 0 saturated carbocycles. The largest absolute Gasteiger partial charge is 0.497 e. The molecule has 0 aliphatic carbocycles. The summed E-state index contributed by atoms with van der Waals surface area (Å²) >= 11 is 6.20. The minimum atomic E-state index is -0.289. The van der Waals surface area contributed by atoms with Crippen LogP contribution >= 0.6 is 11.6 Å². The van der Waals surface area contributed by atoms with Crippen molar-refractivity contribution < 1.29 is 14.3 Å². The number of nitrogens with one attached hydrogen (secondary N) is 1. The maximum Gasteiger partial charge on any atom is 0.274 e. The van der Waals surface area contributed by atoms with E-state index in [4.69, 9.17) is 16.3 Å². The number of benzene rings is 2. The molecule has 29 heavy (non-hydrogen) atoms. The van der Waals surface area contributed by atoms with Crippen LogP contribution in [0, 0.1) is 6.92 Å². The van der Waals surface area contributed by atoms with Gasteiger partial charge in [-0.15, -0.1) is 0 Å². The maximum absolute atomic E-state index is 13.4. The molecule has 6 nitrogen and oxygen atoms in total. The highest BCUT2D eigenvalue weighted by Gasteiger charge is 2.31. The van der Waals surface area contributed by atoms with Gasteiger partial charge in [-0.1, -0.05) is 17.7 Å². The Kier molecular flexibility index (Phi) is 4.96. The van der Waals surface area contributed by atoms with Crippen molar-refractivity contribution in [3.05, 3.63) is 52.7 Å². The molecule has 7 heteroatoms. The maximum atomic E-state index is 13.4. The molecular weight excluding hydrogens is 390 g/mol. The first-order valence-corrected chi connectivity index (χ1v) is 9.83. The highest BCUT2D eigenvalue weighted by Crippen LogP contribution is 2.38. The SMILES string of the molecule is COc1ccc2c(c1)c(N1CCCC1=O)c(C(=O)Nc1cccc(Cl)c1C)n2C. The molecule has 1 saturated heterocycles. The van der Waals surface area contributed by atoms with Crippen molar-refractivity contribution >= 4 is 45.7 Å². The molecule has 4 rings (SSSR count). The summed E-state index contributed by atoms with van der Waals surface area (Å²) in [5.74, 6) is 0.407. The highest BCUT2D eigenvalue weighted by atomic mass is 35.5. The van der Waals surface area contributed by atoms with Gasteiger partial charge in [0.05, 0.1) is 18.3 Å². The van der Waals surface area contributed by atoms with Crippen LogP contribution in [-0.2, 0) is 11.8 Å². The zero-order valence-corrected chi connectivity index (χ0v) is 17.3. The first-order valence-electron chi connectivity index (χ1n) is 9.45. The predicted octanol–water partition coefficient (Wildman–Crippen LogP) is 4.53. The quantitative estimate of drug-likeness (QED) is 0.686. The van der Waals surface area contributed by atoms with E-state index in [1.165, 1.54) is 0 Å². The third kappa shape index (κ3) is 3.23. The standard InChI is InChI=1S/C22H22ClN3O3/c1-13-16(23)6-4-7-17(13)24-22(28)21-20(26-11-5-8-19(26)27)15-12-14(29-3)9-10-18(15)25(21)2/h4,6-7,9-10,12H,5,8,11H2,1-3H3,(H,24,28). The van der Waals surface area contributed by atoms with E-state index in [0.29, 0.717) is 40.8 Å². The van der Waals surface area contributed by atoms with Crippen LogP contribution in [-0.4, -0.2) is 30.0 Å². The lowest BCUT2D eigenvalue weighted by Crippen LogP contribution is -2.27. The number of fused-ring (bicyclic) bond motifs is 1. The molecule has 150 valence electrons. The Morgan fingerprint density at radius 3 is 2.72 bits per heavy atom. The minimum absolute atomic E-state index is 0.0216. The summed E-state index contributed by atoms with van der Waals surface area (Å²) in [6.45, 7) is 2.45. The van der Waals surface area contributed by atoms with Crippen LogP contribution in [0.2, 0.25) is 5.02 Å². The molecule has 0 atom stereocenters. The molecule has 1 N–H and O–H groups in total. The smallest absolute Gasteiger partial charge is 0.274 e. The number of anilines is 2. The van der Waals surface area contributed by atoms with Crippen LogP contribution in [0.25, 0.3) is 10.9 Å². The Labute approximate surface area is 174 Å². The third-order valence-electron chi connectivity index (χ3n) is 5.45. The van der Waals surface area contributed by atoms with Gasteiger partial charge >= 0.3 is 0 Å². The van der Waals surface area contributed by atoms with Crippen LogP contribution in [0.4, 0.5) is 11.4 Å². The number of rotatable bonds is 4. The first-order chi connectivity index (χ1) is 13.9. The molecule has 2 amide bonds. The van der Waals surface area contributed by atoms with Gasteiger partial charge in [-0.25, -0.2) is 0 Å². The van der Waals surface area contributed by atoms with E-state index in [9.17, 15) is 9.59 Å². The number of carbonyl (C=O) groups is 2. The highest BCUT2D eigenvalue weighted by molar-refractivity contribution is 6.32. The van der Waals surface area contributed by atoms with E-state index in [1.54, 1.807) is 24.1 Å². The Balaban J connectivity index is 1.88. The van der Waals surface area contributed by atoms with Crippen LogP contribution < -0.4 is 15.0 Å². The van der Waals surface area contributed by atoms with Crippen molar-refractivity contribution in [1.29, 1.82) is 0 Å². The van der Waals surface area contributed by atoms with E-state index in [2.05, 4.69) is 5.32 Å². The number of aromatic nitrogens is 1. The monoisotopic (exact) mass is 411 g/mol. The fourth-order valence-electron chi connectivity index (χ4n) is 3.87. The minimum Gasteiger partial charge on any atom is -0.497 e. The van der Waals surface area contributed by atoms with Gasteiger partial charge in [-0.2, -0.15) is 0 Å². The lowest BCUT2D eigenvalue weighted by atomic mass is 10.1. The van der Waals surface area contributed by atoms with Crippen molar-refractivity contribution in [3.63, 3.8) is 0 Å². The van der Waals surface area contributed by atoms with E-state index < -0.39 is 0 Å². The second kappa shape index (κ2) is 7.44. The van der Waals surface area contributed by atoms with E-state index >= 15 is 0 Å². The summed E-state index contributed by atoms with van der Waals surface area (Å²) in [6.07, 6.45) is 1.25. The number of methoxy groups -OCH3 is 1. The molecule has 0 bridgehead atoms. The Morgan fingerprint density at radius 1 is 1.24 bits per heavy atom. The molecule has 1 aromatic heterocycles. The van der Waals surface area contributed by atoms with Gasteiger partial charge < -0.3 is 19.5 Å². The Morgan fingerprint density at radius 2 is 2.03 bits per heavy atom. The number of nitrogens with zero attached hydrogens (tertiary/aromatic N) is 2. The van der Waals surface area contributed by atoms with E-state index in [-0.39, 0.29) is 11.8 Å². The topological polar surface area (TPSA) is 63.6 Å². The van der Waals surface area contributed by atoms with Gasteiger partial charge in [-0.05, 0) is 49.2 Å². The van der Waals surface area contributed by atoms with Crippen LogP contribution in [0.3, 0.4) is 0 Å². The number of hydrogen-bond acceptors (Lipinski definition) is 3. The second-order valence-electron chi connectivity index (χ2n) is 7.15. The van der Waals surface area contributed by atoms with Crippen molar-refractivity contribution in [2.75, 3.05) is 23.9 Å². The number of amides is 2. The van der Waals surface area contributed by atoms with Crippen molar-refractivity contribution in [1.82, 2.24) is 4.57 Å². The van der Waals surface area contributed by atoms with Crippen LogP contribution in [0.15, 0.2) is 36.4 Å². The van der Waals surface area contributed by atoms with Gasteiger partial charge in [0, 0.05) is 36.1 Å². The summed E-state index contributed by atoms with van der Waals surface area (Å²) in [4.78, 5) is 27.6. The molecule has 0 unspecified atom stereocenters. The van der Waals surface area contributed by atoms with Crippen molar-refractivity contribution in [3.8, 4) is 5.75 Å². The number of halogens is 1. The molecule has 2 heterocycles. The third-order valence-corrected chi connectivity index (χ3v) is 5.86. The molecule has 1 aliphatic rings. The van der Waals surface area contributed by atoms with E-state index in [0.717, 1.165) is 22.9 Å². The van der Waals surface area contributed by atoms with Crippen molar-refractivity contribution in [2.24, 2.45) is 7.05 Å². The molecule has 0 radical (unpaired) electrons. The van der Waals surface area contributed by atoms with Gasteiger partial charge in [0.2, 0.25) is 5.91 Å². The number of carbonyl (C=O) groups excluding carboxylic acids is 2. The van der Waals surface area contributed by atoms with Gasteiger partial charge in [0.1, 0.15) is 11.4 Å². The lowest BCUT2D eigenvalue weighted by molar-refractivity contribution is -0.117. The van der Waals surface area contributed by atoms with Crippen molar-refractivity contribution in [2.45, 2.75) is 19.8 Å². The normalized spacial score (nSPS) is 13.9. The van der Waals surface area contributed by atoms with Crippen LogP contribution in [0.5, 0.6) is 5.75 Å². The molecule has 3 aromatic rings. The molecule has 1 fully saturated rings. The summed E-state index contributed by atoms with van der Waals surface area (Å²) < 4.78 is 7.20. The summed E-state index contributed by atoms with van der Waals surface area (Å²) in [5, 5.41) is 4.36. The predicted molar refractivity (Wildman–Crippen MR) is 115 cm³/mol. The van der Waals surface area contributed by atoms with Gasteiger partial charge in [0.25, 0.3) is 5.91 Å². The zero-order chi connectivity index (χ0) is 20.7. The average molecular weight is 412 g/mol. The number of aryl methyl sites for hydroxylation is 1. The summed E-state index contributed by atoms with van der Waals surface area (Å²) in [5.41, 5.74) is 3.35. The number of ether oxygens (including phenoxy) is 1. The second-order valence-corrected chi connectivity index (χ2v) is 7.56. The summed E-state index contributed by atoms with van der Waals surface area (Å²) in [7, 11) is 3.43. The molecule has 1 aliphatic heterocycles. The fourth-order valence-corrected chi connectivity index (χ4v) is 4.05. The molecule has 2 aromatic carbocycles. The Bertz CT molecular complexity index is 1140. The van der Waals surface area contributed by atoms with Gasteiger partial charge in [-0.3, -0.25) is 9.59 Å². The Hall–Kier alpha value is -2.99. The van der Waals surface area contributed by atoms with E-state index in [1.807, 2.05) is 42.8 Å². The fraction of sp³-hybridized carbons (Fsp3) is 0.273. The number of hydrogen-bond donors (Lipinski definition) is 1. The van der Waals surface area contributed by atoms with Crippen LogP contribution in [0.1, 0.15) is 28.9 Å². The zero-order valence-electron chi connectivity index (χ0n) is 16.6. The first kappa shape index (κ1) is 19.3. The van der Waals surface area contributed by atoms with Gasteiger partial charge in [0.15, 0.2) is 0 Å². The molecular formula is C22H22ClN3O3.